The Hall–Kier alpha value is -3.56. The molecule has 1 aromatic carbocycles. The van der Waals surface area contributed by atoms with E-state index in [9.17, 15) is 26.4 Å². The largest absolute Gasteiger partial charge is 0.573 e. The van der Waals surface area contributed by atoms with Crippen LogP contribution in [-0.2, 0) is 21.0 Å². The predicted octanol–water partition coefficient (Wildman–Crippen LogP) is 2.65. The molecule has 2 unspecified atom stereocenters. The third kappa shape index (κ3) is 7.47. The molecule has 37 heavy (non-hydrogen) atoms. The van der Waals surface area contributed by atoms with Crippen molar-refractivity contribution in [1.82, 2.24) is 19.7 Å². The fraction of sp³-hybridized carbons (Fsp3) is 0.364. The molecule has 1 aliphatic rings. The van der Waals surface area contributed by atoms with E-state index in [0.717, 1.165) is 0 Å². The highest BCUT2D eigenvalue weighted by Gasteiger charge is 2.32. The van der Waals surface area contributed by atoms with Crippen LogP contribution in [-0.4, -0.2) is 53.0 Å². The number of hydrogen-bond acceptors (Lipinski definition) is 9. The van der Waals surface area contributed by atoms with Gasteiger partial charge >= 0.3 is 16.7 Å². The molecule has 1 saturated carbocycles. The van der Waals surface area contributed by atoms with Crippen LogP contribution in [0.4, 0.5) is 19.0 Å². The van der Waals surface area contributed by atoms with Crippen LogP contribution in [0, 0.1) is 5.92 Å². The normalized spacial score (nSPS) is 18.1. The van der Waals surface area contributed by atoms with Gasteiger partial charge in [0.2, 0.25) is 5.78 Å². The molecule has 11 nitrogen and oxygen atoms in total. The standard InChI is InChI=1S/C22H23F3N6O5S/c23-22(24,25)36-19-4-2-1-3-15(19)11-31-8-7-18(30-31)20(32)17-10-27-13-28-21(17)29-16-6-5-14(9-16)12-35-37(26,33)34/h1-4,7-8,10,13-14,16H,5-6,9,11-12H2,(H2,26,33,34)(H,27,28,29). The third-order valence-electron chi connectivity index (χ3n) is 5.71. The van der Waals surface area contributed by atoms with Crippen LogP contribution < -0.4 is 15.2 Å². The van der Waals surface area contributed by atoms with Gasteiger partial charge in [-0.1, -0.05) is 18.2 Å². The van der Waals surface area contributed by atoms with E-state index in [4.69, 9.17) is 5.14 Å². The minimum absolute atomic E-state index is 0.0266. The number of alkyl halides is 3. The van der Waals surface area contributed by atoms with Crippen LogP contribution >= 0.6 is 0 Å². The van der Waals surface area contributed by atoms with Crippen LogP contribution in [0.5, 0.6) is 5.75 Å². The van der Waals surface area contributed by atoms with Gasteiger partial charge in [-0.2, -0.15) is 13.5 Å². The lowest BCUT2D eigenvalue weighted by atomic mass is 10.1. The number of aromatic nitrogens is 4. The number of hydrogen-bond donors (Lipinski definition) is 2. The Morgan fingerprint density at radius 1 is 1.22 bits per heavy atom. The maximum Gasteiger partial charge on any atom is 0.573 e. The van der Waals surface area contributed by atoms with Crippen molar-refractivity contribution in [3.8, 4) is 5.75 Å². The zero-order valence-corrected chi connectivity index (χ0v) is 20.1. The molecule has 1 fully saturated rings. The van der Waals surface area contributed by atoms with Crippen LogP contribution in [0.3, 0.4) is 0 Å². The lowest BCUT2D eigenvalue weighted by molar-refractivity contribution is -0.274. The molecular formula is C22H23F3N6O5S. The number of halogens is 3. The molecule has 15 heteroatoms. The van der Waals surface area contributed by atoms with Crippen molar-refractivity contribution in [3.63, 3.8) is 0 Å². The van der Waals surface area contributed by atoms with Gasteiger partial charge in [0.05, 0.1) is 18.7 Å². The van der Waals surface area contributed by atoms with Crippen molar-refractivity contribution in [1.29, 1.82) is 0 Å². The summed E-state index contributed by atoms with van der Waals surface area (Å²) in [5.74, 6) is -0.576. The molecule has 3 aromatic rings. The molecule has 0 spiro atoms. The molecule has 0 radical (unpaired) electrons. The van der Waals surface area contributed by atoms with E-state index in [1.807, 2.05) is 0 Å². The van der Waals surface area contributed by atoms with Gasteiger partial charge in [-0.05, 0) is 37.3 Å². The minimum atomic E-state index is -4.84. The molecule has 2 aromatic heterocycles. The first kappa shape index (κ1) is 26.5. The second-order valence-electron chi connectivity index (χ2n) is 8.47. The lowest BCUT2D eigenvalue weighted by Crippen LogP contribution is -2.22. The first-order valence-electron chi connectivity index (χ1n) is 11.1. The molecule has 2 atom stereocenters. The molecule has 0 bridgehead atoms. The maximum absolute atomic E-state index is 13.2. The number of rotatable bonds is 10. The lowest BCUT2D eigenvalue weighted by Gasteiger charge is -2.15. The molecule has 0 aliphatic heterocycles. The van der Waals surface area contributed by atoms with E-state index >= 15 is 0 Å². The summed E-state index contributed by atoms with van der Waals surface area (Å²) in [5, 5.41) is 12.3. The number of ether oxygens (including phenoxy) is 1. The highest BCUT2D eigenvalue weighted by molar-refractivity contribution is 7.84. The van der Waals surface area contributed by atoms with Crippen molar-refractivity contribution in [2.45, 2.75) is 38.2 Å². The number of anilines is 1. The average Bonchev–Trinajstić information content (AvgIpc) is 3.47. The van der Waals surface area contributed by atoms with Gasteiger partial charge in [0.25, 0.3) is 0 Å². The molecule has 1 aliphatic carbocycles. The molecule has 0 saturated heterocycles. The molecule has 198 valence electrons. The van der Waals surface area contributed by atoms with Crippen LogP contribution in [0.25, 0.3) is 0 Å². The van der Waals surface area contributed by atoms with Gasteiger partial charge in [0, 0.05) is 24.0 Å². The number of para-hydroxylation sites is 1. The zero-order valence-electron chi connectivity index (χ0n) is 19.3. The Morgan fingerprint density at radius 3 is 2.76 bits per heavy atom. The quantitative estimate of drug-likeness (QED) is 0.370. The number of nitrogens with one attached hydrogen (secondary N) is 1. The highest BCUT2D eigenvalue weighted by atomic mass is 32.2. The summed E-state index contributed by atoms with van der Waals surface area (Å²) in [4.78, 5) is 21.3. The topological polar surface area (TPSA) is 151 Å². The van der Waals surface area contributed by atoms with Crippen molar-refractivity contribution in [2.75, 3.05) is 11.9 Å². The number of carbonyl (C=O) groups excluding carboxylic acids is 1. The summed E-state index contributed by atoms with van der Waals surface area (Å²) in [6.45, 7) is -0.0822. The summed E-state index contributed by atoms with van der Waals surface area (Å²) in [7, 11) is -4.02. The SMILES string of the molecule is NS(=O)(=O)OCC1CCC(Nc2ncncc2C(=O)c2ccn(Cc3ccccc3OC(F)(F)F)n2)C1. The van der Waals surface area contributed by atoms with E-state index in [2.05, 4.69) is 29.3 Å². The first-order valence-corrected chi connectivity index (χ1v) is 12.6. The monoisotopic (exact) mass is 540 g/mol. The second kappa shape index (κ2) is 10.8. The van der Waals surface area contributed by atoms with Gasteiger partial charge in [0.15, 0.2) is 0 Å². The van der Waals surface area contributed by atoms with Crippen molar-refractivity contribution in [3.05, 3.63) is 65.9 Å². The van der Waals surface area contributed by atoms with E-state index < -0.39 is 22.4 Å². The zero-order chi connectivity index (χ0) is 26.6. The van der Waals surface area contributed by atoms with Crippen molar-refractivity contribution in [2.24, 2.45) is 11.1 Å². The van der Waals surface area contributed by atoms with E-state index in [-0.39, 0.29) is 53.5 Å². The molecule has 2 heterocycles. The number of nitrogens with zero attached hydrogens (tertiary/aromatic N) is 4. The maximum atomic E-state index is 13.2. The Balaban J connectivity index is 1.44. The van der Waals surface area contributed by atoms with Crippen LogP contribution in [0.15, 0.2) is 49.1 Å². The number of nitrogens with two attached hydrogens (primary N) is 1. The number of ketones is 1. The Bertz CT molecular complexity index is 1360. The van der Waals surface area contributed by atoms with E-state index in [0.29, 0.717) is 19.3 Å². The Labute approximate surface area is 210 Å². The molecule has 4 rings (SSSR count). The summed E-state index contributed by atoms with van der Waals surface area (Å²) in [5.41, 5.74) is 0.449. The Kier molecular flexibility index (Phi) is 7.75. The van der Waals surface area contributed by atoms with Crippen LogP contribution in [0.2, 0.25) is 0 Å². The minimum Gasteiger partial charge on any atom is -0.405 e. The molecule has 3 N–H and O–H groups in total. The van der Waals surface area contributed by atoms with E-state index in [1.54, 1.807) is 6.07 Å². The summed E-state index contributed by atoms with van der Waals surface area (Å²) >= 11 is 0. The van der Waals surface area contributed by atoms with Crippen LogP contribution in [0.1, 0.15) is 40.9 Å². The summed E-state index contributed by atoms with van der Waals surface area (Å²) in [6, 6.07) is 7.03. The predicted molar refractivity (Wildman–Crippen MR) is 124 cm³/mol. The van der Waals surface area contributed by atoms with Gasteiger partial charge < -0.3 is 10.1 Å². The van der Waals surface area contributed by atoms with Gasteiger partial charge in [-0.3, -0.25) is 13.7 Å². The smallest absolute Gasteiger partial charge is 0.405 e. The van der Waals surface area contributed by atoms with Crippen molar-refractivity contribution >= 4 is 21.9 Å². The third-order valence-corrected chi connectivity index (χ3v) is 6.18. The second-order valence-corrected chi connectivity index (χ2v) is 9.69. The molecule has 0 amide bonds. The summed E-state index contributed by atoms with van der Waals surface area (Å²) in [6.07, 6.45) is 1.25. The van der Waals surface area contributed by atoms with Gasteiger partial charge in [-0.25, -0.2) is 15.1 Å². The fourth-order valence-electron chi connectivity index (χ4n) is 4.09. The average molecular weight is 541 g/mol. The first-order chi connectivity index (χ1) is 17.5. The summed E-state index contributed by atoms with van der Waals surface area (Å²) < 4.78 is 70.2. The van der Waals surface area contributed by atoms with Gasteiger partial charge in [0.1, 0.15) is 23.6 Å². The van der Waals surface area contributed by atoms with Crippen molar-refractivity contribution < 1.29 is 35.3 Å². The Morgan fingerprint density at radius 2 is 2.00 bits per heavy atom. The number of carbonyl (C=O) groups is 1. The highest BCUT2D eigenvalue weighted by Crippen LogP contribution is 2.30. The fourth-order valence-corrected chi connectivity index (χ4v) is 4.48. The van der Waals surface area contributed by atoms with Gasteiger partial charge in [-0.15, -0.1) is 13.2 Å². The molecular weight excluding hydrogens is 517 g/mol. The number of benzene rings is 1. The van der Waals surface area contributed by atoms with E-state index in [1.165, 1.54) is 47.7 Å².